The van der Waals surface area contributed by atoms with Crippen molar-refractivity contribution in [3.05, 3.63) is 212 Å². The molecule has 0 unspecified atom stereocenters. The average molecular weight is 690 g/mol. The molecule has 0 saturated heterocycles. The Kier molecular flexibility index (Phi) is 7.85. The topological polar surface area (TPSA) is 16.4 Å². The van der Waals surface area contributed by atoms with Crippen LogP contribution >= 0.6 is 0 Å². The molecular formula is C52H35NO. The predicted octanol–water partition coefficient (Wildman–Crippen LogP) is 14.9. The predicted molar refractivity (Wildman–Crippen MR) is 228 cm³/mol. The monoisotopic (exact) mass is 689 g/mol. The van der Waals surface area contributed by atoms with Crippen LogP contribution in [0.5, 0.6) is 0 Å². The molecule has 0 saturated carbocycles. The molecule has 254 valence electrons. The standard InChI is InChI=1S/C52H35NO/c1-2-9-36(10-3-1)39-23-29-45(30-24-39)53(47-33-27-41(28-34-47)44-22-19-37-11-4-5-12-43(37)35-44)46-31-25-40(26-32-46)38-17-20-42(21-18-38)48-14-8-15-50-49-13-6-7-16-51(49)54-52(48)50/h1-35H. The molecule has 1 aromatic heterocycles. The van der Waals surface area contributed by atoms with Gasteiger partial charge in [0.05, 0.1) is 0 Å². The lowest BCUT2D eigenvalue weighted by molar-refractivity contribution is 0.670. The highest BCUT2D eigenvalue weighted by atomic mass is 16.3. The van der Waals surface area contributed by atoms with Crippen molar-refractivity contribution in [1.29, 1.82) is 0 Å². The molecule has 0 fully saturated rings. The maximum Gasteiger partial charge on any atom is 0.143 e. The van der Waals surface area contributed by atoms with E-state index in [1.807, 2.05) is 12.1 Å². The molecule has 0 aliphatic rings. The van der Waals surface area contributed by atoms with Crippen LogP contribution in [-0.4, -0.2) is 0 Å². The summed E-state index contributed by atoms with van der Waals surface area (Å²) in [6, 6.07) is 75.9. The molecule has 2 nitrogen and oxygen atoms in total. The molecule has 9 aromatic carbocycles. The van der Waals surface area contributed by atoms with Crippen molar-refractivity contribution in [2.45, 2.75) is 0 Å². The second-order valence-corrected chi connectivity index (χ2v) is 13.8. The first-order chi connectivity index (χ1) is 26.7. The van der Waals surface area contributed by atoms with Crippen molar-refractivity contribution in [2.24, 2.45) is 0 Å². The number of para-hydroxylation sites is 2. The van der Waals surface area contributed by atoms with Crippen molar-refractivity contribution in [1.82, 2.24) is 0 Å². The normalized spacial score (nSPS) is 11.3. The molecule has 10 aromatic rings. The van der Waals surface area contributed by atoms with Crippen LogP contribution in [0.3, 0.4) is 0 Å². The molecule has 0 atom stereocenters. The van der Waals surface area contributed by atoms with Crippen LogP contribution in [0.15, 0.2) is 217 Å². The molecule has 54 heavy (non-hydrogen) atoms. The summed E-state index contributed by atoms with van der Waals surface area (Å²) in [5.74, 6) is 0. The first kappa shape index (κ1) is 31.6. The number of hydrogen-bond donors (Lipinski definition) is 0. The minimum absolute atomic E-state index is 0.915. The molecular weight excluding hydrogens is 655 g/mol. The van der Waals surface area contributed by atoms with E-state index in [1.54, 1.807) is 0 Å². The van der Waals surface area contributed by atoms with Crippen molar-refractivity contribution < 1.29 is 4.42 Å². The SMILES string of the molecule is c1ccc(-c2ccc(N(c3ccc(-c4ccc(-c5cccc6c5oc5ccccc56)cc4)cc3)c3ccc(-c4ccc5ccccc5c4)cc3)cc2)cc1. The zero-order valence-electron chi connectivity index (χ0n) is 29.6. The van der Waals surface area contributed by atoms with Gasteiger partial charge in [-0.25, -0.2) is 0 Å². The van der Waals surface area contributed by atoms with Gasteiger partial charge >= 0.3 is 0 Å². The number of rotatable bonds is 7. The molecule has 2 heteroatoms. The van der Waals surface area contributed by atoms with Gasteiger partial charge in [-0.15, -0.1) is 0 Å². The van der Waals surface area contributed by atoms with Crippen molar-refractivity contribution in [3.63, 3.8) is 0 Å². The van der Waals surface area contributed by atoms with E-state index in [9.17, 15) is 0 Å². The number of anilines is 3. The van der Waals surface area contributed by atoms with Crippen LogP contribution in [0.2, 0.25) is 0 Å². The van der Waals surface area contributed by atoms with Gasteiger partial charge in [0.2, 0.25) is 0 Å². The van der Waals surface area contributed by atoms with Crippen molar-refractivity contribution in [3.8, 4) is 44.5 Å². The first-order valence-corrected chi connectivity index (χ1v) is 18.4. The maximum absolute atomic E-state index is 6.33. The van der Waals surface area contributed by atoms with Crippen LogP contribution < -0.4 is 4.90 Å². The van der Waals surface area contributed by atoms with Crippen molar-refractivity contribution in [2.75, 3.05) is 4.90 Å². The molecule has 1 heterocycles. The quantitative estimate of drug-likeness (QED) is 0.166. The van der Waals surface area contributed by atoms with Crippen LogP contribution in [0.1, 0.15) is 0 Å². The summed E-state index contributed by atoms with van der Waals surface area (Å²) in [6.07, 6.45) is 0. The van der Waals surface area contributed by atoms with E-state index in [-0.39, 0.29) is 0 Å². The average Bonchev–Trinajstić information content (AvgIpc) is 3.64. The fraction of sp³-hybridized carbons (Fsp3) is 0. The number of nitrogens with zero attached hydrogens (tertiary/aromatic N) is 1. The molecule has 0 spiro atoms. The van der Waals surface area contributed by atoms with Crippen LogP contribution in [0.4, 0.5) is 17.1 Å². The summed E-state index contributed by atoms with van der Waals surface area (Å²) in [5.41, 5.74) is 14.5. The highest BCUT2D eigenvalue weighted by molar-refractivity contribution is 6.09. The minimum Gasteiger partial charge on any atom is -0.455 e. The summed E-state index contributed by atoms with van der Waals surface area (Å²) in [5, 5.41) is 4.79. The Hall–Kier alpha value is -7.16. The lowest BCUT2D eigenvalue weighted by atomic mass is 9.98. The molecule has 0 aliphatic heterocycles. The van der Waals surface area contributed by atoms with E-state index in [0.29, 0.717) is 0 Å². The molecule has 0 amide bonds. The van der Waals surface area contributed by atoms with Gasteiger partial charge < -0.3 is 9.32 Å². The fourth-order valence-corrected chi connectivity index (χ4v) is 7.67. The number of fused-ring (bicyclic) bond motifs is 4. The van der Waals surface area contributed by atoms with E-state index < -0.39 is 0 Å². The summed E-state index contributed by atoms with van der Waals surface area (Å²) >= 11 is 0. The maximum atomic E-state index is 6.33. The van der Waals surface area contributed by atoms with Gasteiger partial charge in [-0.3, -0.25) is 0 Å². The van der Waals surface area contributed by atoms with Gasteiger partial charge in [0.15, 0.2) is 0 Å². The van der Waals surface area contributed by atoms with Gasteiger partial charge in [-0.1, -0.05) is 164 Å². The van der Waals surface area contributed by atoms with Gasteiger partial charge in [-0.05, 0) is 98.2 Å². The summed E-state index contributed by atoms with van der Waals surface area (Å²) in [6.45, 7) is 0. The Morgan fingerprint density at radius 2 is 0.759 bits per heavy atom. The first-order valence-electron chi connectivity index (χ1n) is 18.4. The Morgan fingerprint density at radius 3 is 1.41 bits per heavy atom. The molecule has 0 aliphatic carbocycles. The fourth-order valence-electron chi connectivity index (χ4n) is 7.67. The van der Waals surface area contributed by atoms with E-state index >= 15 is 0 Å². The zero-order valence-corrected chi connectivity index (χ0v) is 29.6. The van der Waals surface area contributed by atoms with Crippen LogP contribution in [0.25, 0.3) is 77.2 Å². The highest BCUT2D eigenvalue weighted by Gasteiger charge is 2.15. The van der Waals surface area contributed by atoms with Gasteiger partial charge in [0.1, 0.15) is 11.2 Å². The van der Waals surface area contributed by atoms with E-state index in [0.717, 1.165) is 50.1 Å². The van der Waals surface area contributed by atoms with Gasteiger partial charge in [0.25, 0.3) is 0 Å². The second-order valence-electron chi connectivity index (χ2n) is 13.8. The number of hydrogen-bond acceptors (Lipinski definition) is 2. The largest absolute Gasteiger partial charge is 0.455 e. The molecule has 0 radical (unpaired) electrons. The zero-order chi connectivity index (χ0) is 35.8. The highest BCUT2D eigenvalue weighted by Crippen LogP contribution is 2.39. The molecule has 0 bridgehead atoms. The van der Waals surface area contributed by atoms with E-state index in [1.165, 1.54) is 44.2 Å². The van der Waals surface area contributed by atoms with Crippen molar-refractivity contribution >= 4 is 49.8 Å². The lowest BCUT2D eigenvalue weighted by Crippen LogP contribution is -2.09. The smallest absolute Gasteiger partial charge is 0.143 e. The third-order valence-electron chi connectivity index (χ3n) is 10.5. The van der Waals surface area contributed by atoms with Gasteiger partial charge in [-0.2, -0.15) is 0 Å². The second kappa shape index (κ2) is 13.4. The van der Waals surface area contributed by atoms with Crippen LogP contribution in [-0.2, 0) is 0 Å². The number of furan rings is 1. The van der Waals surface area contributed by atoms with Crippen LogP contribution in [0, 0.1) is 0 Å². The third-order valence-corrected chi connectivity index (χ3v) is 10.5. The third kappa shape index (κ3) is 5.81. The summed E-state index contributed by atoms with van der Waals surface area (Å²) in [7, 11) is 0. The number of benzene rings is 9. The molecule has 0 N–H and O–H groups in total. The summed E-state index contributed by atoms with van der Waals surface area (Å²) < 4.78 is 6.33. The summed E-state index contributed by atoms with van der Waals surface area (Å²) in [4.78, 5) is 2.33. The Balaban J connectivity index is 0.976. The Labute approximate surface area is 314 Å². The Bertz CT molecular complexity index is 2890. The van der Waals surface area contributed by atoms with E-state index in [4.69, 9.17) is 4.42 Å². The molecule has 10 rings (SSSR count). The Morgan fingerprint density at radius 1 is 0.296 bits per heavy atom. The van der Waals surface area contributed by atoms with E-state index in [2.05, 4.69) is 205 Å². The minimum atomic E-state index is 0.915. The lowest BCUT2D eigenvalue weighted by Gasteiger charge is -2.26. The van der Waals surface area contributed by atoms with Gasteiger partial charge in [0, 0.05) is 33.4 Å².